The monoisotopic (exact) mass is 464 g/mol. The smallest absolute Gasteiger partial charge is 0.309 e. The largest absolute Gasteiger partial charge is 0.481 e. The fourth-order valence-electron chi connectivity index (χ4n) is 4.07. The van der Waals surface area contributed by atoms with E-state index in [0.717, 1.165) is 4.31 Å². The number of nitrogens with zero attached hydrogens (tertiary/aromatic N) is 2. The van der Waals surface area contributed by atoms with Gasteiger partial charge in [0, 0.05) is 36.3 Å². The highest BCUT2D eigenvalue weighted by atomic mass is 35.5. The summed E-state index contributed by atoms with van der Waals surface area (Å²) in [5.74, 6) is -2.60. The first-order chi connectivity index (χ1) is 13.7. The number of hydrogen-bond acceptors (Lipinski definition) is 5. The standard InChI is InChI=1S/C18H22Cl2N2O6S/c1-28-6-5-21-10-14(18(24)25)15-3-2-4-16(17(21)23)22(15)29(26,27)13-8-11(19)7-12(20)9-13/h7-9,14-16H,2-6,10H2,1H3,(H,24,25)/t14-,15?,16?/m0/s1. The molecular formula is C18H22Cl2N2O6S. The van der Waals surface area contributed by atoms with Crippen LogP contribution in [0.15, 0.2) is 23.1 Å². The molecule has 0 radical (unpaired) electrons. The molecule has 3 rings (SSSR count). The first-order valence-corrected chi connectivity index (χ1v) is 11.4. The number of carbonyl (C=O) groups excluding carboxylic acids is 1. The van der Waals surface area contributed by atoms with Crippen molar-refractivity contribution in [3.8, 4) is 0 Å². The predicted octanol–water partition coefficient (Wildman–Crippen LogP) is 2.09. The molecule has 1 aromatic carbocycles. The number of halogens is 2. The summed E-state index contributed by atoms with van der Waals surface area (Å²) < 4.78 is 33.1. The van der Waals surface area contributed by atoms with E-state index in [0.29, 0.717) is 19.3 Å². The maximum absolute atomic E-state index is 13.5. The Morgan fingerprint density at radius 1 is 1.24 bits per heavy atom. The Bertz CT molecular complexity index is 889. The summed E-state index contributed by atoms with van der Waals surface area (Å²) in [6, 6.07) is 2.10. The van der Waals surface area contributed by atoms with E-state index in [1.54, 1.807) is 0 Å². The van der Waals surface area contributed by atoms with Gasteiger partial charge in [-0.15, -0.1) is 0 Å². The first-order valence-electron chi connectivity index (χ1n) is 9.17. The Morgan fingerprint density at radius 3 is 2.48 bits per heavy atom. The third-order valence-corrected chi connectivity index (χ3v) is 7.73. The highest BCUT2D eigenvalue weighted by molar-refractivity contribution is 7.89. The molecule has 8 nitrogen and oxygen atoms in total. The van der Waals surface area contributed by atoms with Crippen LogP contribution in [0.3, 0.4) is 0 Å². The zero-order valence-electron chi connectivity index (χ0n) is 15.8. The van der Waals surface area contributed by atoms with Crippen LogP contribution in [0.1, 0.15) is 19.3 Å². The lowest BCUT2D eigenvalue weighted by molar-refractivity contribution is -0.144. The first kappa shape index (κ1) is 22.3. The molecule has 0 saturated carbocycles. The lowest BCUT2D eigenvalue weighted by Gasteiger charge is -2.39. The molecule has 0 aromatic heterocycles. The number of fused-ring (bicyclic) bond motifs is 2. The van der Waals surface area contributed by atoms with Crippen LogP contribution in [0.5, 0.6) is 0 Å². The summed E-state index contributed by atoms with van der Waals surface area (Å²) in [4.78, 5) is 26.4. The molecule has 11 heteroatoms. The highest BCUT2D eigenvalue weighted by Crippen LogP contribution is 2.38. The number of aliphatic carboxylic acids is 1. The quantitative estimate of drug-likeness (QED) is 0.690. The van der Waals surface area contributed by atoms with E-state index in [-0.39, 0.29) is 34.6 Å². The summed E-state index contributed by atoms with van der Waals surface area (Å²) >= 11 is 12.0. The van der Waals surface area contributed by atoms with Crippen molar-refractivity contribution in [3.05, 3.63) is 28.2 Å². The zero-order valence-corrected chi connectivity index (χ0v) is 18.1. The number of carbonyl (C=O) groups is 2. The van der Waals surface area contributed by atoms with Gasteiger partial charge in [-0.3, -0.25) is 9.59 Å². The number of hydrogen-bond donors (Lipinski definition) is 1. The third-order valence-electron chi connectivity index (χ3n) is 5.38. The Balaban J connectivity index is 2.10. The summed E-state index contributed by atoms with van der Waals surface area (Å²) in [5.41, 5.74) is 0. The second-order valence-electron chi connectivity index (χ2n) is 7.18. The molecule has 3 atom stereocenters. The minimum absolute atomic E-state index is 0.0684. The average molecular weight is 465 g/mol. The van der Waals surface area contributed by atoms with Crippen molar-refractivity contribution in [3.63, 3.8) is 0 Å². The maximum Gasteiger partial charge on any atom is 0.309 e. The van der Waals surface area contributed by atoms with Crippen molar-refractivity contribution >= 4 is 45.1 Å². The van der Waals surface area contributed by atoms with Gasteiger partial charge in [-0.2, -0.15) is 4.31 Å². The van der Waals surface area contributed by atoms with Gasteiger partial charge in [0.1, 0.15) is 6.04 Å². The number of methoxy groups -OCH3 is 1. The van der Waals surface area contributed by atoms with Gasteiger partial charge in [-0.1, -0.05) is 23.2 Å². The second-order valence-corrected chi connectivity index (χ2v) is 9.89. The Kier molecular flexibility index (Phi) is 6.74. The van der Waals surface area contributed by atoms with E-state index in [1.807, 2.05) is 0 Å². The molecule has 2 bridgehead atoms. The molecule has 2 aliphatic heterocycles. The molecule has 2 aliphatic rings. The Labute approximate surface area is 179 Å². The lowest BCUT2D eigenvalue weighted by atomic mass is 9.90. The van der Waals surface area contributed by atoms with Crippen LogP contribution in [0, 0.1) is 5.92 Å². The van der Waals surface area contributed by atoms with E-state index in [9.17, 15) is 23.1 Å². The van der Waals surface area contributed by atoms with Gasteiger partial charge in [0.05, 0.1) is 17.4 Å². The van der Waals surface area contributed by atoms with Crippen LogP contribution >= 0.6 is 23.2 Å². The van der Waals surface area contributed by atoms with Gasteiger partial charge in [0.2, 0.25) is 15.9 Å². The third kappa shape index (κ3) is 4.39. The van der Waals surface area contributed by atoms with Crippen LogP contribution in [-0.4, -0.2) is 73.5 Å². The van der Waals surface area contributed by atoms with Crippen molar-refractivity contribution in [2.45, 2.75) is 36.2 Å². The predicted molar refractivity (Wildman–Crippen MR) is 106 cm³/mol. The average Bonchev–Trinajstić information content (AvgIpc) is 2.72. The van der Waals surface area contributed by atoms with E-state index in [2.05, 4.69) is 0 Å². The maximum atomic E-state index is 13.5. The molecule has 0 spiro atoms. The fourth-order valence-corrected chi connectivity index (χ4v) is 6.66. The van der Waals surface area contributed by atoms with Crippen molar-refractivity contribution in [2.75, 3.05) is 26.8 Å². The van der Waals surface area contributed by atoms with Gasteiger partial charge >= 0.3 is 5.97 Å². The van der Waals surface area contributed by atoms with Crippen LogP contribution in [0.2, 0.25) is 10.0 Å². The summed E-state index contributed by atoms with van der Waals surface area (Å²) in [6.07, 6.45) is 1.23. The molecule has 1 aromatic rings. The summed E-state index contributed by atoms with van der Waals surface area (Å²) in [7, 11) is -2.73. The van der Waals surface area contributed by atoms with E-state index in [4.69, 9.17) is 27.9 Å². The zero-order chi connectivity index (χ0) is 21.3. The van der Waals surface area contributed by atoms with Crippen LogP contribution in [0.25, 0.3) is 0 Å². The molecule has 2 heterocycles. The van der Waals surface area contributed by atoms with Crippen molar-refractivity contribution in [1.29, 1.82) is 0 Å². The molecule has 2 saturated heterocycles. The number of piperidine rings is 1. The molecule has 160 valence electrons. The Morgan fingerprint density at radius 2 is 1.90 bits per heavy atom. The molecule has 0 aliphatic carbocycles. The van der Waals surface area contributed by atoms with Crippen molar-refractivity contribution in [2.24, 2.45) is 5.92 Å². The number of benzene rings is 1. The number of amides is 1. The van der Waals surface area contributed by atoms with Gasteiger partial charge < -0.3 is 14.7 Å². The topological polar surface area (TPSA) is 104 Å². The SMILES string of the molecule is COCCN1C[C@H](C(=O)O)C2CCCC(C1=O)N2S(=O)(=O)c1cc(Cl)cc(Cl)c1. The number of sulfonamides is 1. The molecule has 1 amide bonds. The number of rotatable bonds is 6. The number of ether oxygens (including phenoxy) is 1. The van der Waals surface area contributed by atoms with Crippen LogP contribution in [0.4, 0.5) is 0 Å². The van der Waals surface area contributed by atoms with Gasteiger partial charge in [0.25, 0.3) is 0 Å². The molecule has 1 N–H and O–H groups in total. The summed E-state index contributed by atoms with van der Waals surface area (Å²) in [6.45, 7) is 0.354. The second kappa shape index (κ2) is 8.77. The van der Waals surface area contributed by atoms with E-state index < -0.39 is 39.9 Å². The molecular weight excluding hydrogens is 443 g/mol. The Hall–Kier alpha value is -1.39. The van der Waals surface area contributed by atoms with Crippen molar-refractivity contribution < 1.29 is 27.9 Å². The summed E-state index contributed by atoms with van der Waals surface area (Å²) in [5, 5.41) is 10.1. The van der Waals surface area contributed by atoms with Crippen LogP contribution in [-0.2, 0) is 24.3 Å². The minimum Gasteiger partial charge on any atom is -0.481 e. The fraction of sp³-hybridized carbons (Fsp3) is 0.556. The minimum atomic E-state index is -4.21. The van der Waals surface area contributed by atoms with E-state index in [1.165, 1.54) is 30.2 Å². The molecule has 29 heavy (non-hydrogen) atoms. The van der Waals surface area contributed by atoms with Gasteiger partial charge in [-0.25, -0.2) is 8.42 Å². The number of carboxylic acid groups (broad SMARTS) is 1. The highest BCUT2D eigenvalue weighted by Gasteiger charge is 2.51. The number of carboxylic acids is 1. The van der Waals surface area contributed by atoms with Crippen LogP contribution < -0.4 is 0 Å². The lowest BCUT2D eigenvalue weighted by Crippen LogP contribution is -2.55. The van der Waals surface area contributed by atoms with Gasteiger partial charge in [-0.05, 0) is 37.5 Å². The van der Waals surface area contributed by atoms with Gasteiger partial charge in [0.15, 0.2) is 0 Å². The molecule has 2 fully saturated rings. The van der Waals surface area contributed by atoms with Crippen molar-refractivity contribution in [1.82, 2.24) is 9.21 Å². The molecule has 2 unspecified atom stereocenters. The van der Waals surface area contributed by atoms with E-state index >= 15 is 0 Å². The normalized spacial score (nSPS) is 25.7.